The molecule has 0 aliphatic carbocycles. The third-order valence-corrected chi connectivity index (χ3v) is 3.03. The molecule has 106 valence electrons. The number of alkyl halides is 3. The van der Waals surface area contributed by atoms with Crippen LogP contribution in [0.4, 0.5) is 13.2 Å². The molecule has 0 amide bonds. The highest BCUT2D eigenvalue weighted by Crippen LogP contribution is 2.12. The van der Waals surface area contributed by atoms with E-state index in [9.17, 15) is 26.4 Å². The van der Waals surface area contributed by atoms with E-state index in [0.29, 0.717) is 0 Å². The van der Waals surface area contributed by atoms with Crippen LogP contribution >= 0.6 is 0 Å². The fraction of sp³-hybridized carbons (Fsp3) is 0.300. The Labute approximate surface area is 108 Å². The van der Waals surface area contributed by atoms with Crippen molar-refractivity contribution in [1.82, 2.24) is 9.44 Å². The van der Waals surface area contributed by atoms with E-state index in [-0.39, 0.29) is 5.56 Å². The van der Waals surface area contributed by atoms with Gasteiger partial charge in [0, 0.05) is 5.56 Å². The Kier molecular flexibility index (Phi) is 5.04. The summed E-state index contributed by atoms with van der Waals surface area (Å²) in [5.41, 5.74) is 0.265. The normalized spacial score (nSPS) is 12.4. The van der Waals surface area contributed by atoms with Gasteiger partial charge in [0.2, 0.25) is 0 Å². The van der Waals surface area contributed by atoms with E-state index in [0.717, 1.165) is 0 Å². The summed E-state index contributed by atoms with van der Waals surface area (Å²) in [7, 11) is -4.36. The van der Waals surface area contributed by atoms with Gasteiger partial charge in [-0.15, -0.1) is 0 Å². The molecule has 1 aromatic rings. The number of benzene rings is 1. The largest absolute Gasteiger partial charge is 0.402 e. The number of rotatable bonds is 6. The van der Waals surface area contributed by atoms with E-state index in [1.165, 1.54) is 16.9 Å². The van der Waals surface area contributed by atoms with Crippen LogP contribution in [0.5, 0.6) is 0 Å². The van der Waals surface area contributed by atoms with Crippen molar-refractivity contribution in [2.75, 3.05) is 13.1 Å². The summed E-state index contributed by atoms with van der Waals surface area (Å²) in [5, 5.41) is 0. The quantitative estimate of drug-likeness (QED) is 0.764. The molecule has 5 nitrogen and oxygen atoms in total. The summed E-state index contributed by atoms with van der Waals surface area (Å²) in [4.78, 5) is 11.5. The van der Waals surface area contributed by atoms with Crippen LogP contribution in [-0.4, -0.2) is 33.5 Å². The first-order valence-corrected chi connectivity index (χ1v) is 6.57. The van der Waals surface area contributed by atoms with Crippen LogP contribution in [0.1, 0.15) is 10.4 Å². The Morgan fingerprint density at radius 1 is 1.11 bits per heavy atom. The molecule has 1 rings (SSSR count). The minimum Gasteiger partial charge on any atom is -0.293 e. The summed E-state index contributed by atoms with van der Waals surface area (Å²) in [6, 6.07) is 7.79. The summed E-state index contributed by atoms with van der Waals surface area (Å²) in [5.74, 6) is -0.544. The number of hydrogen-bond acceptors (Lipinski definition) is 3. The average molecular weight is 296 g/mol. The molecule has 9 heteroatoms. The van der Waals surface area contributed by atoms with E-state index in [2.05, 4.69) is 0 Å². The Balaban J connectivity index is 2.50. The van der Waals surface area contributed by atoms with Gasteiger partial charge in [0.05, 0.1) is 6.54 Å². The molecule has 0 aliphatic rings. The number of carbonyl (C=O) groups is 1. The Hall–Kier alpha value is -1.45. The predicted octanol–water partition coefficient (Wildman–Crippen LogP) is 0.856. The number of Topliss-reactive ketones (excluding diaryl/α,β-unsaturated/α-hetero) is 1. The molecule has 0 aliphatic heterocycles. The maximum absolute atomic E-state index is 11.8. The number of halogens is 3. The van der Waals surface area contributed by atoms with E-state index in [4.69, 9.17) is 0 Å². The molecule has 1 aromatic carbocycles. The standard InChI is InChI=1S/C10H11F3N2O3S/c11-10(12,13)7-15-19(17,18)14-6-9(16)8-4-2-1-3-5-8/h1-5,14-15H,6-7H2. The minimum atomic E-state index is -4.65. The van der Waals surface area contributed by atoms with Gasteiger partial charge in [0.15, 0.2) is 5.78 Å². The lowest BCUT2D eigenvalue weighted by molar-refractivity contribution is -0.121. The molecule has 0 fully saturated rings. The first-order valence-electron chi connectivity index (χ1n) is 5.09. The van der Waals surface area contributed by atoms with Gasteiger partial charge < -0.3 is 0 Å². The topological polar surface area (TPSA) is 75.3 Å². The Morgan fingerprint density at radius 3 is 2.21 bits per heavy atom. The second-order valence-corrected chi connectivity index (χ2v) is 5.13. The van der Waals surface area contributed by atoms with Gasteiger partial charge in [-0.3, -0.25) is 4.79 Å². The van der Waals surface area contributed by atoms with E-state index < -0.39 is 35.3 Å². The molecule has 0 saturated carbocycles. The molecular weight excluding hydrogens is 285 g/mol. The lowest BCUT2D eigenvalue weighted by Crippen LogP contribution is -2.43. The third kappa shape index (κ3) is 6.32. The van der Waals surface area contributed by atoms with Crippen molar-refractivity contribution < 1.29 is 26.4 Å². The van der Waals surface area contributed by atoms with E-state index >= 15 is 0 Å². The smallest absolute Gasteiger partial charge is 0.293 e. The van der Waals surface area contributed by atoms with Crippen LogP contribution in [0.25, 0.3) is 0 Å². The molecule has 0 saturated heterocycles. The van der Waals surface area contributed by atoms with E-state index in [1.807, 2.05) is 0 Å². The van der Waals surface area contributed by atoms with Crippen molar-refractivity contribution in [3.63, 3.8) is 0 Å². The van der Waals surface area contributed by atoms with Crippen LogP contribution in [-0.2, 0) is 10.2 Å². The summed E-state index contributed by atoms with van der Waals surface area (Å²) in [6.07, 6.45) is -4.65. The molecule has 0 radical (unpaired) electrons. The summed E-state index contributed by atoms with van der Waals surface area (Å²) in [6.45, 7) is -2.31. The molecule has 0 heterocycles. The van der Waals surface area contributed by atoms with Crippen molar-refractivity contribution in [1.29, 1.82) is 0 Å². The monoisotopic (exact) mass is 296 g/mol. The highest BCUT2D eigenvalue weighted by atomic mass is 32.2. The SMILES string of the molecule is O=C(CNS(=O)(=O)NCC(F)(F)F)c1ccccc1. The first kappa shape index (κ1) is 15.6. The Morgan fingerprint density at radius 2 is 1.68 bits per heavy atom. The molecule has 0 atom stereocenters. The summed E-state index contributed by atoms with van der Waals surface area (Å²) < 4.78 is 60.8. The zero-order valence-corrected chi connectivity index (χ0v) is 10.4. The fourth-order valence-corrected chi connectivity index (χ4v) is 1.89. The third-order valence-electron chi connectivity index (χ3n) is 1.98. The van der Waals surface area contributed by atoms with Crippen molar-refractivity contribution >= 4 is 16.0 Å². The first-order chi connectivity index (χ1) is 8.70. The second kappa shape index (κ2) is 6.13. The van der Waals surface area contributed by atoms with Crippen molar-refractivity contribution in [2.24, 2.45) is 0 Å². The maximum atomic E-state index is 11.8. The van der Waals surface area contributed by atoms with Gasteiger partial charge in [0.25, 0.3) is 10.2 Å². The van der Waals surface area contributed by atoms with Crippen molar-refractivity contribution in [2.45, 2.75) is 6.18 Å². The Bertz CT molecular complexity index is 529. The van der Waals surface area contributed by atoms with Gasteiger partial charge in [0.1, 0.15) is 6.54 Å². The molecule has 0 bridgehead atoms. The number of hydrogen-bond donors (Lipinski definition) is 2. The lowest BCUT2D eigenvalue weighted by Gasteiger charge is -2.09. The van der Waals surface area contributed by atoms with Crippen molar-refractivity contribution in [3.05, 3.63) is 35.9 Å². The van der Waals surface area contributed by atoms with E-state index in [1.54, 1.807) is 22.9 Å². The molecule has 2 N–H and O–H groups in total. The number of carbonyl (C=O) groups excluding carboxylic acids is 1. The van der Waals surface area contributed by atoms with Crippen LogP contribution in [0.2, 0.25) is 0 Å². The zero-order valence-electron chi connectivity index (χ0n) is 9.57. The average Bonchev–Trinajstić information content (AvgIpc) is 2.34. The fourth-order valence-electron chi connectivity index (χ4n) is 1.11. The van der Waals surface area contributed by atoms with Crippen LogP contribution in [0, 0.1) is 0 Å². The van der Waals surface area contributed by atoms with Gasteiger partial charge >= 0.3 is 6.18 Å². The molecule has 0 spiro atoms. The number of ketones is 1. The predicted molar refractivity (Wildman–Crippen MR) is 61.8 cm³/mol. The molecule has 19 heavy (non-hydrogen) atoms. The zero-order chi connectivity index (χ0) is 14.5. The second-order valence-electron chi connectivity index (χ2n) is 3.55. The molecular formula is C10H11F3N2O3S. The van der Waals surface area contributed by atoms with Gasteiger partial charge in [-0.05, 0) is 0 Å². The minimum absolute atomic E-state index is 0.265. The van der Waals surface area contributed by atoms with Crippen LogP contribution < -0.4 is 9.44 Å². The highest BCUT2D eigenvalue weighted by molar-refractivity contribution is 7.87. The maximum Gasteiger partial charge on any atom is 0.402 e. The molecule has 0 unspecified atom stereocenters. The highest BCUT2D eigenvalue weighted by Gasteiger charge is 2.29. The number of nitrogens with one attached hydrogen (secondary N) is 2. The summed E-state index contributed by atoms with van der Waals surface area (Å²) >= 11 is 0. The van der Waals surface area contributed by atoms with Gasteiger partial charge in [-0.25, -0.2) is 0 Å². The van der Waals surface area contributed by atoms with Gasteiger partial charge in [-0.1, -0.05) is 30.3 Å². The lowest BCUT2D eigenvalue weighted by atomic mass is 10.1. The van der Waals surface area contributed by atoms with Gasteiger partial charge in [-0.2, -0.15) is 31.0 Å². The molecule has 0 aromatic heterocycles. The van der Waals surface area contributed by atoms with Crippen LogP contribution in [0.3, 0.4) is 0 Å². The van der Waals surface area contributed by atoms with Crippen molar-refractivity contribution in [3.8, 4) is 0 Å². The van der Waals surface area contributed by atoms with Crippen LogP contribution in [0.15, 0.2) is 30.3 Å².